The van der Waals surface area contributed by atoms with Gasteiger partial charge in [-0.3, -0.25) is 4.79 Å². The van der Waals surface area contributed by atoms with Gasteiger partial charge in [-0.05, 0) is 36.2 Å². The van der Waals surface area contributed by atoms with Crippen molar-refractivity contribution < 1.29 is 4.79 Å². The van der Waals surface area contributed by atoms with Crippen LogP contribution in [0.2, 0.25) is 0 Å². The molecule has 122 valence electrons. The van der Waals surface area contributed by atoms with Crippen LogP contribution in [0.15, 0.2) is 54.6 Å². The van der Waals surface area contributed by atoms with Gasteiger partial charge in [0.1, 0.15) is 0 Å². The van der Waals surface area contributed by atoms with Crippen LogP contribution in [-0.4, -0.2) is 37.0 Å². The number of nitrogens with zero attached hydrogens (tertiary/aromatic N) is 3. The second-order valence-corrected chi connectivity index (χ2v) is 6.21. The highest BCUT2D eigenvalue weighted by Gasteiger charge is 2.28. The number of carbonyl (C=O) groups is 1. The number of amides is 1. The first-order chi connectivity index (χ1) is 11.7. The first-order valence-electron chi connectivity index (χ1n) is 8.22. The van der Waals surface area contributed by atoms with Crippen molar-refractivity contribution >= 4 is 11.6 Å². The molecule has 2 aromatic rings. The standard InChI is InChI=1S/C20H21N3O/c1-22(18-5-3-2-4-6-18)19-11-12-23(15-19)20(24)13-16-7-9-17(14-21)10-8-16/h2-10,19H,11-13,15H2,1H3. The molecule has 0 saturated carbocycles. The summed E-state index contributed by atoms with van der Waals surface area (Å²) in [6.45, 7) is 1.57. The molecule has 4 heteroatoms. The minimum atomic E-state index is 0.156. The first kappa shape index (κ1) is 16.1. The maximum absolute atomic E-state index is 12.5. The van der Waals surface area contributed by atoms with E-state index in [1.807, 2.05) is 35.2 Å². The van der Waals surface area contributed by atoms with Crippen molar-refractivity contribution in [3.05, 3.63) is 65.7 Å². The summed E-state index contributed by atoms with van der Waals surface area (Å²) < 4.78 is 0. The van der Waals surface area contributed by atoms with Crippen LogP contribution in [0, 0.1) is 11.3 Å². The molecule has 0 aliphatic carbocycles. The summed E-state index contributed by atoms with van der Waals surface area (Å²) >= 11 is 0. The van der Waals surface area contributed by atoms with Gasteiger partial charge in [0.05, 0.1) is 18.1 Å². The van der Waals surface area contributed by atoms with Gasteiger partial charge >= 0.3 is 0 Å². The van der Waals surface area contributed by atoms with Crippen molar-refractivity contribution in [3.8, 4) is 6.07 Å². The molecule has 0 N–H and O–H groups in total. The molecular weight excluding hydrogens is 298 g/mol. The minimum Gasteiger partial charge on any atom is -0.370 e. The first-order valence-corrected chi connectivity index (χ1v) is 8.22. The molecule has 1 saturated heterocycles. The maximum atomic E-state index is 12.5. The minimum absolute atomic E-state index is 0.156. The van der Waals surface area contributed by atoms with E-state index in [0.29, 0.717) is 18.0 Å². The van der Waals surface area contributed by atoms with E-state index in [2.05, 4.69) is 30.1 Å². The van der Waals surface area contributed by atoms with Gasteiger partial charge in [0.15, 0.2) is 0 Å². The molecule has 24 heavy (non-hydrogen) atoms. The van der Waals surface area contributed by atoms with Gasteiger partial charge in [-0.2, -0.15) is 5.26 Å². The van der Waals surface area contributed by atoms with Crippen molar-refractivity contribution in [2.24, 2.45) is 0 Å². The third kappa shape index (κ3) is 3.57. The Balaban J connectivity index is 1.58. The average Bonchev–Trinajstić information content (AvgIpc) is 3.13. The van der Waals surface area contributed by atoms with Crippen LogP contribution in [0.5, 0.6) is 0 Å². The van der Waals surface area contributed by atoms with Crippen LogP contribution < -0.4 is 4.90 Å². The van der Waals surface area contributed by atoms with Crippen LogP contribution in [0.25, 0.3) is 0 Å². The van der Waals surface area contributed by atoms with Gasteiger partial charge in [0, 0.05) is 31.9 Å². The molecule has 1 heterocycles. The summed E-state index contributed by atoms with van der Waals surface area (Å²) in [5, 5.41) is 8.83. The molecule has 1 aliphatic rings. The number of hydrogen-bond acceptors (Lipinski definition) is 3. The van der Waals surface area contributed by atoms with Crippen molar-refractivity contribution in [2.45, 2.75) is 18.9 Å². The summed E-state index contributed by atoms with van der Waals surface area (Å²) in [5.74, 6) is 0.156. The van der Waals surface area contributed by atoms with Crippen LogP contribution >= 0.6 is 0 Å². The van der Waals surface area contributed by atoms with Gasteiger partial charge in [0.25, 0.3) is 0 Å². The molecule has 3 rings (SSSR count). The summed E-state index contributed by atoms with van der Waals surface area (Å²) in [6, 6.07) is 20.0. The fraction of sp³-hybridized carbons (Fsp3) is 0.300. The Bertz CT molecular complexity index is 734. The molecular formula is C20H21N3O. The van der Waals surface area contributed by atoms with Gasteiger partial charge in [0.2, 0.25) is 5.91 Å². The van der Waals surface area contributed by atoms with Crippen LogP contribution in [0.3, 0.4) is 0 Å². The third-order valence-electron chi connectivity index (χ3n) is 4.67. The van der Waals surface area contributed by atoms with Crippen molar-refractivity contribution in [2.75, 3.05) is 25.0 Å². The molecule has 0 spiro atoms. The molecule has 0 radical (unpaired) electrons. The fourth-order valence-corrected chi connectivity index (χ4v) is 3.14. The Kier molecular flexibility index (Phi) is 4.81. The molecule has 1 fully saturated rings. The number of hydrogen-bond donors (Lipinski definition) is 0. The zero-order chi connectivity index (χ0) is 16.9. The summed E-state index contributed by atoms with van der Waals surface area (Å²) in [7, 11) is 2.09. The lowest BCUT2D eigenvalue weighted by molar-refractivity contribution is -0.129. The second-order valence-electron chi connectivity index (χ2n) is 6.21. The van der Waals surface area contributed by atoms with Gasteiger partial charge in [-0.1, -0.05) is 30.3 Å². The number of nitriles is 1. The molecule has 0 bridgehead atoms. The fourth-order valence-electron chi connectivity index (χ4n) is 3.14. The molecule has 2 aromatic carbocycles. The van der Waals surface area contributed by atoms with Gasteiger partial charge in [-0.15, -0.1) is 0 Å². The van der Waals surface area contributed by atoms with E-state index >= 15 is 0 Å². The van der Waals surface area contributed by atoms with E-state index in [4.69, 9.17) is 5.26 Å². The van der Waals surface area contributed by atoms with E-state index in [-0.39, 0.29) is 5.91 Å². The topological polar surface area (TPSA) is 47.3 Å². The van der Waals surface area contributed by atoms with Crippen LogP contribution in [0.1, 0.15) is 17.5 Å². The van der Waals surface area contributed by atoms with Gasteiger partial charge < -0.3 is 9.80 Å². The van der Waals surface area contributed by atoms with Crippen LogP contribution in [-0.2, 0) is 11.2 Å². The Labute approximate surface area is 142 Å². The average molecular weight is 319 g/mol. The molecule has 4 nitrogen and oxygen atoms in total. The molecule has 1 unspecified atom stereocenters. The zero-order valence-corrected chi connectivity index (χ0v) is 13.9. The van der Waals surface area contributed by atoms with Gasteiger partial charge in [-0.25, -0.2) is 0 Å². The highest BCUT2D eigenvalue weighted by atomic mass is 16.2. The molecule has 1 amide bonds. The van der Waals surface area contributed by atoms with E-state index in [1.165, 1.54) is 5.69 Å². The summed E-state index contributed by atoms with van der Waals surface area (Å²) in [6.07, 6.45) is 1.39. The third-order valence-corrected chi connectivity index (χ3v) is 4.67. The maximum Gasteiger partial charge on any atom is 0.227 e. The summed E-state index contributed by atoms with van der Waals surface area (Å²) in [5.41, 5.74) is 2.76. The molecule has 0 aromatic heterocycles. The predicted molar refractivity (Wildman–Crippen MR) is 94.7 cm³/mol. The lowest BCUT2D eigenvalue weighted by Gasteiger charge is -2.27. The lowest BCUT2D eigenvalue weighted by Crippen LogP contribution is -2.37. The van der Waals surface area contributed by atoms with E-state index in [0.717, 1.165) is 25.1 Å². The summed E-state index contributed by atoms with van der Waals surface area (Å²) in [4.78, 5) is 16.7. The SMILES string of the molecule is CN(c1ccccc1)C1CCN(C(=O)Cc2ccc(C#N)cc2)C1. The Hall–Kier alpha value is -2.80. The smallest absolute Gasteiger partial charge is 0.227 e. The Morgan fingerprint density at radius 1 is 1.21 bits per heavy atom. The van der Waals surface area contributed by atoms with E-state index < -0.39 is 0 Å². The lowest BCUT2D eigenvalue weighted by atomic mass is 10.1. The molecule has 1 aliphatic heterocycles. The predicted octanol–water partition coefficient (Wildman–Crippen LogP) is 2.84. The number of anilines is 1. The quantitative estimate of drug-likeness (QED) is 0.870. The number of benzene rings is 2. The second kappa shape index (κ2) is 7.18. The highest BCUT2D eigenvalue weighted by Crippen LogP contribution is 2.21. The number of likely N-dealkylation sites (tertiary alicyclic amines) is 1. The van der Waals surface area contributed by atoms with Crippen molar-refractivity contribution in [1.29, 1.82) is 5.26 Å². The van der Waals surface area contributed by atoms with E-state index in [1.54, 1.807) is 12.1 Å². The zero-order valence-electron chi connectivity index (χ0n) is 13.9. The molecule has 1 atom stereocenters. The number of likely N-dealkylation sites (N-methyl/N-ethyl adjacent to an activating group) is 1. The number of rotatable bonds is 4. The van der Waals surface area contributed by atoms with Crippen molar-refractivity contribution in [3.63, 3.8) is 0 Å². The number of para-hydroxylation sites is 1. The monoisotopic (exact) mass is 319 g/mol. The number of carbonyl (C=O) groups excluding carboxylic acids is 1. The van der Waals surface area contributed by atoms with Crippen molar-refractivity contribution in [1.82, 2.24) is 4.90 Å². The largest absolute Gasteiger partial charge is 0.370 e. The van der Waals surface area contributed by atoms with Crippen LogP contribution in [0.4, 0.5) is 5.69 Å². The Morgan fingerprint density at radius 3 is 2.58 bits per heavy atom. The van der Waals surface area contributed by atoms with E-state index in [9.17, 15) is 4.79 Å². The normalized spacial score (nSPS) is 16.7. The highest BCUT2D eigenvalue weighted by molar-refractivity contribution is 5.79. The Morgan fingerprint density at radius 2 is 1.92 bits per heavy atom.